The van der Waals surface area contributed by atoms with Crippen LogP contribution in [0.5, 0.6) is 5.75 Å². The molecule has 2 atom stereocenters. The van der Waals surface area contributed by atoms with Crippen LogP contribution in [0.3, 0.4) is 0 Å². The van der Waals surface area contributed by atoms with Crippen LogP contribution in [0.4, 0.5) is 5.69 Å². The molecule has 1 unspecified atom stereocenters. The lowest BCUT2D eigenvalue weighted by molar-refractivity contribution is 0.0210. The molecule has 26 heavy (non-hydrogen) atoms. The number of ether oxygens (including phenoxy) is 2. The molecule has 0 aliphatic carbocycles. The summed E-state index contributed by atoms with van der Waals surface area (Å²) in [5.41, 5.74) is 6.96. The minimum absolute atomic E-state index is 0.286. The number of piperidine rings is 1. The topological polar surface area (TPSA) is 64.8 Å². The van der Waals surface area contributed by atoms with Gasteiger partial charge in [0, 0.05) is 6.04 Å². The number of esters is 1. The number of nitrogen functional groups attached to an aromatic ring is 1. The van der Waals surface area contributed by atoms with E-state index in [2.05, 4.69) is 18.7 Å². The van der Waals surface area contributed by atoms with Crippen molar-refractivity contribution in [3.05, 3.63) is 23.8 Å². The molecule has 1 fully saturated rings. The number of anilines is 1. The Labute approximate surface area is 157 Å². The number of carbonyl (C=O) groups excluding carboxylic acids is 1. The summed E-state index contributed by atoms with van der Waals surface area (Å²) in [6, 6.07) is 5.38. The van der Waals surface area contributed by atoms with Gasteiger partial charge in [-0.15, -0.1) is 0 Å². The van der Waals surface area contributed by atoms with Gasteiger partial charge in [0.2, 0.25) is 0 Å². The van der Waals surface area contributed by atoms with Crippen molar-refractivity contribution in [2.24, 2.45) is 5.92 Å². The summed E-state index contributed by atoms with van der Waals surface area (Å²) >= 11 is 0. The quantitative estimate of drug-likeness (QED) is 0.529. The Morgan fingerprint density at radius 3 is 2.62 bits per heavy atom. The lowest BCUT2D eigenvalue weighted by Gasteiger charge is -2.37. The van der Waals surface area contributed by atoms with Crippen LogP contribution in [-0.2, 0) is 4.74 Å². The van der Waals surface area contributed by atoms with Crippen molar-refractivity contribution in [3.63, 3.8) is 0 Å². The van der Waals surface area contributed by atoms with Crippen LogP contribution in [0.25, 0.3) is 0 Å². The van der Waals surface area contributed by atoms with E-state index in [1.165, 1.54) is 19.3 Å². The Morgan fingerprint density at radius 1 is 1.23 bits per heavy atom. The van der Waals surface area contributed by atoms with Gasteiger partial charge in [-0.25, -0.2) is 4.79 Å². The molecule has 2 N–H and O–H groups in total. The highest BCUT2D eigenvalue weighted by atomic mass is 16.5. The molecular weight excluding hydrogens is 328 g/mol. The zero-order valence-electron chi connectivity index (χ0n) is 16.5. The Morgan fingerprint density at radius 2 is 1.96 bits per heavy atom. The molecule has 1 aliphatic rings. The van der Waals surface area contributed by atoms with E-state index in [1.807, 2.05) is 6.92 Å². The molecule has 0 spiro atoms. The fourth-order valence-corrected chi connectivity index (χ4v) is 3.39. The number of nitrogens with zero attached hydrogens (tertiary/aromatic N) is 1. The molecule has 0 bridgehead atoms. The van der Waals surface area contributed by atoms with Crippen molar-refractivity contribution < 1.29 is 14.3 Å². The number of hydrogen-bond donors (Lipinski definition) is 1. The second-order valence-corrected chi connectivity index (χ2v) is 7.25. The number of hydrogen-bond acceptors (Lipinski definition) is 5. The van der Waals surface area contributed by atoms with Crippen molar-refractivity contribution in [2.45, 2.75) is 58.9 Å². The molecular formula is C21H34N2O3. The predicted octanol–water partition coefficient (Wildman–Crippen LogP) is 4.12. The second-order valence-electron chi connectivity index (χ2n) is 7.25. The van der Waals surface area contributed by atoms with Gasteiger partial charge in [-0.05, 0) is 56.5 Å². The van der Waals surface area contributed by atoms with E-state index in [0.29, 0.717) is 36.1 Å². The van der Waals surface area contributed by atoms with Crippen molar-refractivity contribution in [2.75, 3.05) is 32.0 Å². The molecule has 0 radical (unpaired) electrons. The molecule has 146 valence electrons. The Kier molecular flexibility index (Phi) is 8.23. The van der Waals surface area contributed by atoms with Crippen molar-refractivity contribution >= 4 is 11.7 Å². The molecule has 2 rings (SSSR count). The van der Waals surface area contributed by atoms with Crippen LogP contribution in [0.1, 0.15) is 63.2 Å². The highest BCUT2D eigenvalue weighted by Crippen LogP contribution is 2.24. The minimum atomic E-state index is -0.309. The van der Waals surface area contributed by atoms with Crippen molar-refractivity contribution in [3.8, 4) is 5.75 Å². The van der Waals surface area contributed by atoms with Crippen LogP contribution in [0.15, 0.2) is 18.2 Å². The highest BCUT2D eigenvalue weighted by molar-refractivity contribution is 5.90. The minimum Gasteiger partial charge on any atom is -0.491 e. The van der Waals surface area contributed by atoms with E-state index >= 15 is 0 Å². The zero-order chi connectivity index (χ0) is 18.9. The molecule has 1 heterocycles. The van der Waals surface area contributed by atoms with Gasteiger partial charge in [0.25, 0.3) is 0 Å². The van der Waals surface area contributed by atoms with Gasteiger partial charge < -0.3 is 15.2 Å². The maximum absolute atomic E-state index is 12.5. The Balaban J connectivity index is 2.00. The Bertz CT molecular complexity index is 570. The number of nitrogens with two attached hydrogens (primary N) is 1. The fourth-order valence-electron chi connectivity index (χ4n) is 3.39. The first-order valence-corrected chi connectivity index (χ1v) is 10.00. The van der Waals surface area contributed by atoms with E-state index in [1.54, 1.807) is 18.2 Å². The van der Waals surface area contributed by atoms with Gasteiger partial charge in [-0.3, -0.25) is 4.90 Å². The molecule has 1 aliphatic heterocycles. The third kappa shape index (κ3) is 5.63. The lowest BCUT2D eigenvalue weighted by atomic mass is 9.96. The molecule has 0 aromatic heterocycles. The normalized spacial score (nSPS) is 17.5. The maximum atomic E-state index is 12.5. The molecule has 1 aromatic carbocycles. The number of likely N-dealkylation sites (tertiary alicyclic amines) is 1. The summed E-state index contributed by atoms with van der Waals surface area (Å²) in [5, 5.41) is 0. The zero-order valence-corrected chi connectivity index (χ0v) is 16.5. The summed E-state index contributed by atoms with van der Waals surface area (Å²) < 4.78 is 11.3. The fraction of sp³-hybridized carbons (Fsp3) is 0.667. The van der Waals surface area contributed by atoms with Gasteiger partial charge in [0.15, 0.2) is 0 Å². The van der Waals surface area contributed by atoms with Gasteiger partial charge in [0.05, 0.1) is 17.9 Å². The summed E-state index contributed by atoms with van der Waals surface area (Å²) in [4.78, 5) is 15.0. The predicted molar refractivity (Wildman–Crippen MR) is 106 cm³/mol. The van der Waals surface area contributed by atoms with Crippen LogP contribution in [0.2, 0.25) is 0 Å². The van der Waals surface area contributed by atoms with Crippen molar-refractivity contribution in [1.82, 2.24) is 4.90 Å². The first-order chi connectivity index (χ1) is 12.6. The van der Waals surface area contributed by atoms with Gasteiger partial charge in [-0.1, -0.05) is 33.6 Å². The average Bonchev–Trinajstić information content (AvgIpc) is 2.67. The standard InChI is InChI=1S/C21H34N2O3/c1-4-13-25-20-14-17(9-10-18(20)22)21(24)26-15-19(16(3)5-2)23-11-7-6-8-12-23/h9-10,14,16,19H,4-8,11-13,15,22H2,1-3H3/t16?,19-/m1/s1. The summed E-state index contributed by atoms with van der Waals surface area (Å²) in [5.74, 6) is 0.739. The third-order valence-electron chi connectivity index (χ3n) is 5.26. The van der Waals surface area contributed by atoms with E-state index in [4.69, 9.17) is 15.2 Å². The maximum Gasteiger partial charge on any atom is 0.338 e. The monoisotopic (exact) mass is 362 g/mol. The average molecular weight is 363 g/mol. The van der Waals surface area contributed by atoms with Crippen molar-refractivity contribution in [1.29, 1.82) is 0 Å². The summed E-state index contributed by atoms with van der Waals surface area (Å²) in [7, 11) is 0. The number of rotatable bonds is 9. The smallest absolute Gasteiger partial charge is 0.338 e. The molecule has 0 saturated carbocycles. The second kappa shape index (κ2) is 10.4. The van der Waals surface area contributed by atoms with Gasteiger partial charge >= 0.3 is 5.97 Å². The molecule has 1 saturated heterocycles. The molecule has 5 heteroatoms. The van der Waals surface area contributed by atoms with E-state index < -0.39 is 0 Å². The van der Waals surface area contributed by atoms with E-state index in [-0.39, 0.29) is 12.0 Å². The lowest BCUT2D eigenvalue weighted by Crippen LogP contribution is -2.46. The molecule has 0 amide bonds. The van der Waals surface area contributed by atoms with Crippen LogP contribution >= 0.6 is 0 Å². The van der Waals surface area contributed by atoms with Crippen LogP contribution in [0, 0.1) is 5.92 Å². The Hall–Kier alpha value is -1.75. The highest BCUT2D eigenvalue weighted by Gasteiger charge is 2.26. The van der Waals surface area contributed by atoms with E-state index in [0.717, 1.165) is 25.9 Å². The SMILES string of the molecule is CCCOc1cc(C(=O)OC[C@H](C(C)CC)N2CCCCC2)ccc1N. The van der Waals surface area contributed by atoms with Gasteiger partial charge in [0.1, 0.15) is 12.4 Å². The van der Waals surface area contributed by atoms with Gasteiger partial charge in [-0.2, -0.15) is 0 Å². The van der Waals surface area contributed by atoms with Crippen LogP contribution < -0.4 is 10.5 Å². The van der Waals surface area contributed by atoms with E-state index in [9.17, 15) is 4.79 Å². The first-order valence-electron chi connectivity index (χ1n) is 10.00. The van der Waals surface area contributed by atoms with Crippen LogP contribution in [-0.4, -0.2) is 43.2 Å². The number of carbonyl (C=O) groups is 1. The largest absolute Gasteiger partial charge is 0.491 e. The summed E-state index contributed by atoms with van der Waals surface area (Å²) in [6.07, 6.45) is 5.74. The molecule has 1 aromatic rings. The first kappa shape index (κ1) is 20.6. The number of benzene rings is 1. The molecule has 5 nitrogen and oxygen atoms in total. The third-order valence-corrected chi connectivity index (χ3v) is 5.26. The summed E-state index contributed by atoms with van der Waals surface area (Å²) in [6.45, 7) is 9.68.